The van der Waals surface area contributed by atoms with Gasteiger partial charge in [-0.25, -0.2) is 4.79 Å². The third kappa shape index (κ3) is 4.24. The molecule has 0 radical (unpaired) electrons. The molecule has 1 N–H and O–H groups in total. The summed E-state index contributed by atoms with van der Waals surface area (Å²) in [6.07, 6.45) is 5.47. The maximum absolute atomic E-state index is 12.2. The lowest BCUT2D eigenvalue weighted by Gasteiger charge is -2.32. The van der Waals surface area contributed by atoms with Gasteiger partial charge in [-0.3, -0.25) is 14.3 Å². The molecule has 2 fully saturated rings. The Morgan fingerprint density at radius 2 is 2.19 bits per heavy atom. The average Bonchev–Trinajstić information content (AvgIpc) is 3.06. The van der Waals surface area contributed by atoms with Crippen LogP contribution in [0.1, 0.15) is 50.3 Å². The van der Waals surface area contributed by atoms with Gasteiger partial charge < -0.3 is 14.2 Å². The molecular weight excluding hydrogens is 354 g/mol. The van der Waals surface area contributed by atoms with Crippen molar-refractivity contribution in [2.24, 2.45) is 5.11 Å². The highest BCUT2D eigenvalue weighted by Gasteiger charge is 2.45. The number of rotatable bonds is 6. The monoisotopic (exact) mass is 379 g/mol. The van der Waals surface area contributed by atoms with E-state index in [2.05, 4.69) is 15.0 Å². The Bertz CT molecular complexity index is 822. The Morgan fingerprint density at radius 1 is 1.44 bits per heavy atom. The van der Waals surface area contributed by atoms with E-state index in [9.17, 15) is 9.59 Å². The van der Waals surface area contributed by atoms with Gasteiger partial charge in [0.15, 0.2) is 5.79 Å². The second-order valence-corrected chi connectivity index (χ2v) is 7.12. The lowest BCUT2D eigenvalue weighted by Crippen LogP contribution is -2.38. The van der Waals surface area contributed by atoms with Crippen LogP contribution < -0.4 is 11.2 Å². The molecule has 2 aliphatic rings. The van der Waals surface area contributed by atoms with Crippen LogP contribution in [0.4, 0.5) is 0 Å². The minimum absolute atomic E-state index is 0.218. The molecular formula is C17H25N5O5. The summed E-state index contributed by atoms with van der Waals surface area (Å²) in [6, 6.07) is -0.569. The van der Waals surface area contributed by atoms with Crippen molar-refractivity contribution in [1.82, 2.24) is 9.55 Å². The van der Waals surface area contributed by atoms with Crippen LogP contribution in [0.3, 0.4) is 0 Å². The van der Waals surface area contributed by atoms with E-state index in [0.717, 1.165) is 25.7 Å². The van der Waals surface area contributed by atoms with Crippen LogP contribution in [0.5, 0.6) is 0 Å². The number of nitrogens with zero attached hydrogens (tertiary/aromatic N) is 4. The highest BCUT2D eigenvalue weighted by molar-refractivity contribution is 5.01. The fourth-order valence-electron chi connectivity index (χ4n) is 3.79. The summed E-state index contributed by atoms with van der Waals surface area (Å²) in [6.45, 7) is 1.94. The lowest BCUT2D eigenvalue weighted by molar-refractivity contribution is -0.189. The quantitative estimate of drug-likeness (QED) is 0.459. The average molecular weight is 379 g/mol. The molecule has 0 aromatic carbocycles. The molecule has 3 atom stereocenters. The van der Waals surface area contributed by atoms with Crippen molar-refractivity contribution in [3.63, 3.8) is 0 Å². The normalized spacial score (nSPS) is 23.7. The number of aromatic nitrogens is 2. The Hall–Kier alpha value is -2.13. The summed E-state index contributed by atoms with van der Waals surface area (Å²) in [7, 11) is 1.46. The maximum Gasteiger partial charge on any atom is 0.330 e. The number of aromatic amines is 1. The lowest BCUT2D eigenvalue weighted by atomic mass is 9.94. The smallest absolute Gasteiger partial charge is 0.330 e. The fourth-order valence-corrected chi connectivity index (χ4v) is 3.79. The van der Waals surface area contributed by atoms with Gasteiger partial charge in [0, 0.05) is 43.0 Å². The molecule has 10 nitrogen and oxygen atoms in total. The first kappa shape index (κ1) is 19.6. The second kappa shape index (κ2) is 8.26. The molecule has 2 heterocycles. The van der Waals surface area contributed by atoms with Crippen molar-refractivity contribution < 1.29 is 14.2 Å². The van der Waals surface area contributed by atoms with Crippen LogP contribution in [0.15, 0.2) is 20.9 Å². The van der Waals surface area contributed by atoms with Gasteiger partial charge in [-0.1, -0.05) is 11.5 Å². The molecule has 1 saturated carbocycles. The summed E-state index contributed by atoms with van der Waals surface area (Å²) < 4.78 is 18.9. The van der Waals surface area contributed by atoms with Gasteiger partial charge in [0.25, 0.3) is 5.56 Å². The van der Waals surface area contributed by atoms with Crippen LogP contribution in [0.25, 0.3) is 10.4 Å². The Balaban J connectivity index is 1.79. The molecule has 1 aromatic rings. The van der Waals surface area contributed by atoms with Crippen molar-refractivity contribution in [3.8, 4) is 0 Å². The van der Waals surface area contributed by atoms with E-state index in [-0.39, 0.29) is 6.42 Å². The fraction of sp³-hybridized carbons (Fsp3) is 0.765. The first-order valence-electron chi connectivity index (χ1n) is 9.19. The summed E-state index contributed by atoms with van der Waals surface area (Å²) in [5, 5.41) is 3.88. The molecule has 1 aromatic heterocycles. The van der Waals surface area contributed by atoms with E-state index in [1.807, 2.05) is 0 Å². The number of nitrogens with one attached hydrogen (secondary N) is 1. The highest BCUT2D eigenvalue weighted by Crippen LogP contribution is 2.39. The molecule has 1 saturated heterocycles. The van der Waals surface area contributed by atoms with Gasteiger partial charge in [0.05, 0.1) is 18.8 Å². The van der Waals surface area contributed by atoms with Gasteiger partial charge in [0.2, 0.25) is 0 Å². The number of methoxy groups -OCH3 is 1. The SMILES string of the molecule is COC(CC(N=[N+]=[N-])[C@H]1COC2(CCCCC2)O1)n1cc(C)c(=O)[nH]c1=O. The number of hydrogen-bond acceptors (Lipinski definition) is 6. The van der Waals surface area contributed by atoms with Crippen molar-refractivity contribution >= 4 is 0 Å². The summed E-state index contributed by atoms with van der Waals surface area (Å²) in [4.78, 5) is 29.0. The molecule has 3 rings (SSSR count). The van der Waals surface area contributed by atoms with Crippen molar-refractivity contribution in [1.29, 1.82) is 0 Å². The predicted molar refractivity (Wildman–Crippen MR) is 96.3 cm³/mol. The largest absolute Gasteiger partial charge is 0.361 e. The zero-order chi connectivity index (χ0) is 19.4. The topological polar surface area (TPSA) is 131 Å². The van der Waals surface area contributed by atoms with Gasteiger partial charge in [-0.2, -0.15) is 0 Å². The standard InChI is InChI=1S/C17H25N5O5/c1-11-9-22(16(24)19-15(11)23)14(25-2)8-12(20-21-18)13-10-26-17(27-13)6-4-3-5-7-17/h9,12-14H,3-8,10H2,1-2H3,(H,19,23,24)/t12?,13-,14?/m1/s1. The van der Waals surface area contributed by atoms with Crippen LogP contribution in [0, 0.1) is 6.92 Å². The molecule has 1 aliphatic heterocycles. The first-order valence-corrected chi connectivity index (χ1v) is 9.19. The molecule has 1 spiro atoms. The van der Waals surface area contributed by atoms with Gasteiger partial charge in [-0.05, 0) is 25.3 Å². The van der Waals surface area contributed by atoms with Crippen LogP contribution in [-0.2, 0) is 14.2 Å². The van der Waals surface area contributed by atoms with Crippen molar-refractivity contribution in [3.05, 3.63) is 43.0 Å². The van der Waals surface area contributed by atoms with E-state index in [1.54, 1.807) is 6.92 Å². The molecule has 10 heteroatoms. The zero-order valence-corrected chi connectivity index (χ0v) is 15.6. The third-order valence-corrected chi connectivity index (χ3v) is 5.29. The first-order chi connectivity index (χ1) is 13.0. The van der Waals surface area contributed by atoms with Gasteiger partial charge in [0.1, 0.15) is 6.23 Å². The molecule has 0 amide bonds. The number of ether oxygens (including phenoxy) is 3. The summed E-state index contributed by atoms with van der Waals surface area (Å²) in [5.74, 6) is -0.583. The predicted octanol–water partition coefficient (Wildman–Crippen LogP) is 2.13. The van der Waals surface area contributed by atoms with Crippen LogP contribution >= 0.6 is 0 Å². The van der Waals surface area contributed by atoms with Crippen LogP contribution in [-0.4, -0.2) is 41.2 Å². The number of hydrogen-bond donors (Lipinski definition) is 1. The van der Waals surface area contributed by atoms with Crippen molar-refractivity contribution in [2.75, 3.05) is 13.7 Å². The van der Waals surface area contributed by atoms with Crippen LogP contribution in [0.2, 0.25) is 0 Å². The summed E-state index contributed by atoms with van der Waals surface area (Å²) in [5.41, 5.74) is 8.36. The molecule has 0 bridgehead atoms. The number of azide groups is 1. The van der Waals surface area contributed by atoms with E-state index in [1.165, 1.54) is 24.3 Å². The highest BCUT2D eigenvalue weighted by atomic mass is 16.7. The minimum atomic E-state index is -0.713. The Labute approximate surface area is 156 Å². The molecule has 148 valence electrons. The minimum Gasteiger partial charge on any atom is -0.361 e. The number of H-pyrrole nitrogens is 1. The van der Waals surface area contributed by atoms with E-state index < -0.39 is 35.4 Å². The molecule has 2 unspecified atom stereocenters. The number of aryl methyl sites for hydroxylation is 1. The van der Waals surface area contributed by atoms with E-state index in [0.29, 0.717) is 12.2 Å². The zero-order valence-electron chi connectivity index (χ0n) is 15.6. The summed E-state index contributed by atoms with van der Waals surface area (Å²) >= 11 is 0. The molecule has 27 heavy (non-hydrogen) atoms. The van der Waals surface area contributed by atoms with E-state index >= 15 is 0 Å². The molecule has 1 aliphatic carbocycles. The third-order valence-electron chi connectivity index (χ3n) is 5.29. The van der Waals surface area contributed by atoms with Crippen molar-refractivity contribution in [2.45, 2.75) is 69.6 Å². The van der Waals surface area contributed by atoms with E-state index in [4.69, 9.17) is 19.7 Å². The Kier molecular flexibility index (Phi) is 6.01. The van der Waals surface area contributed by atoms with Gasteiger partial charge >= 0.3 is 5.69 Å². The Morgan fingerprint density at radius 3 is 2.85 bits per heavy atom. The maximum atomic E-state index is 12.2. The van der Waals surface area contributed by atoms with Gasteiger partial charge in [-0.15, -0.1) is 0 Å². The second-order valence-electron chi connectivity index (χ2n) is 7.12.